The third-order valence-corrected chi connectivity index (χ3v) is 8.49. The Hall–Kier alpha value is -2.51. The van der Waals surface area contributed by atoms with Gasteiger partial charge in [0.05, 0.1) is 17.0 Å². The molecular formula is C25H25N3O2S2. The van der Waals surface area contributed by atoms with Crippen LogP contribution in [0.5, 0.6) is 0 Å². The molecule has 1 fully saturated rings. The zero-order valence-electron chi connectivity index (χ0n) is 17.9. The number of aryl methyl sites for hydroxylation is 1. The zero-order valence-corrected chi connectivity index (χ0v) is 19.5. The van der Waals surface area contributed by atoms with Gasteiger partial charge in [-0.25, -0.2) is 4.98 Å². The molecule has 164 valence electrons. The number of fused-ring (bicyclic) bond motifs is 3. The zero-order chi connectivity index (χ0) is 22.1. The smallest absolute Gasteiger partial charge is 0.263 e. The van der Waals surface area contributed by atoms with Gasteiger partial charge in [-0.1, -0.05) is 61.0 Å². The second-order valence-corrected chi connectivity index (χ2v) is 10.5. The van der Waals surface area contributed by atoms with Crippen LogP contribution in [0.3, 0.4) is 0 Å². The predicted molar refractivity (Wildman–Crippen MR) is 131 cm³/mol. The number of hydrogen-bond donors (Lipinski definition) is 1. The molecule has 32 heavy (non-hydrogen) atoms. The Morgan fingerprint density at radius 1 is 1.12 bits per heavy atom. The second kappa shape index (κ2) is 9.16. The quantitative estimate of drug-likeness (QED) is 0.312. The Morgan fingerprint density at radius 2 is 1.88 bits per heavy atom. The van der Waals surface area contributed by atoms with Crippen LogP contribution in [0, 0.1) is 6.92 Å². The van der Waals surface area contributed by atoms with Crippen molar-refractivity contribution in [2.24, 2.45) is 0 Å². The first-order chi connectivity index (χ1) is 15.6. The fourth-order valence-electron chi connectivity index (χ4n) is 4.55. The summed E-state index contributed by atoms with van der Waals surface area (Å²) >= 11 is 3.07. The highest BCUT2D eigenvalue weighted by atomic mass is 32.2. The fourth-order valence-corrected chi connectivity index (χ4v) is 6.92. The Bertz CT molecular complexity index is 1210. The van der Waals surface area contributed by atoms with Crippen molar-refractivity contribution < 1.29 is 4.79 Å². The highest BCUT2D eigenvalue weighted by Gasteiger charge is 2.39. The Morgan fingerprint density at radius 3 is 2.69 bits per heavy atom. The van der Waals surface area contributed by atoms with Crippen LogP contribution in [0.25, 0.3) is 5.69 Å². The number of hydrogen-bond acceptors (Lipinski definition) is 5. The predicted octanol–water partition coefficient (Wildman–Crippen LogP) is 5.40. The van der Waals surface area contributed by atoms with E-state index in [1.54, 1.807) is 16.3 Å². The van der Waals surface area contributed by atoms with Crippen molar-refractivity contribution in [1.82, 2.24) is 9.55 Å². The lowest BCUT2D eigenvalue weighted by molar-refractivity contribution is -0.113. The van der Waals surface area contributed by atoms with Gasteiger partial charge in [-0.3, -0.25) is 14.2 Å². The minimum absolute atomic E-state index is 0.0184. The van der Waals surface area contributed by atoms with E-state index in [2.05, 4.69) is 5.32 Å². The molecule has 1 aromatic heterocycles. The number of para-hydroxylation sites is 2. The normalized spacial score (nSPS) is 19.3. The number of nitrogens with zero attached hydrogens (tertiary/aromatic N) is 2. The fraction of sp³-hybridized carbons (Fsp3) is 0.320. The summed E-state index contributed by atoms with van der Waals surface area (Å²) in [7, 11) is 0. The van der Waals surface area contributed by atoms with Gasteiger partial charge in [0.15, 0.2) is 5.16 Å². The lowest BCUT2D eigenvalue weighted by Gasteiger charge is -2.24. The van der Waals surface area contributed by atoms with Crippen molar-refractivity contribution in [3.05, 3.63) is 76.1 Å². The molecule has 2 aliphatic rings. The van der Waals surface area contributed by atoms with Gasteiger partial charge in [0.25, 0.3) is 5.56 Å². The number of benzene rings is 2. The van der Waals surface area contributed by atoms with Gasteiger partial charge in [0.2, 0.25) is 5.91 Å². The molecule has 2 aromatic carbocycles. The lowest BCUT2D eigenvalue weighted by Crippen LogP contribution is -2.29. The van der Waals surface area contributed by atoms with E-state index >= 15 is 0 Å². The van der Waals surface area contributed by atoms with Crippen LogP contribution in [0.4, 0.5) is 5.69 Å². The third-order valence-electron chi connectivity index (χ3n) is 6.15. The number of aromatic nitrogens is 2. The van der Waals surface area contributed by atoms with Gasteiger partial charge in [-0.2, -0.15) is 0 Å². The molecule has 1 saturated carbocycles. The topological polar surface area (TPSA) is 64.0 Å². The molecule has 0 unspecified atom stereocenters. The molecule has 0 saturated heterocycles. The van der Waals surface area contributed by atoms with Crippen LogP contribution >= 0.6 is 23.5 Å². The number of thioether (sulfide) groups is 2. The monoisotopic (exact) mass is 463 g/mol. The van der Waals surface area contributed by atoms with Crippen molar-refractivity contribution >= 4 is 35.1 Å². The van der Waals surface area contributed by atoms with E-state index in [-0.39, 0.29) is 17.2 Å². The second-order valence-electron chi connectivity index (χ2n) is 8.29. The molecule has 1 N–H and O–H groups in total. The van der Waals surface area contributed by atoms with E-state index < -0.39 is 0 Å². The summed E-state index contributed by atoms with van der Waals surface area (Å²) < 4.78 is 1.70. The molecule has 7 heteroatoms. The molecule has 0 spiro atoms. The lowest BCUT2D eigenvalue weighted by atomic mass is 9.85. The maximum atomic E-state index is 13.7. The van der Waals surface area contributed by atoms with Crippen molar-refractivity contribution in [3.63, 3.8) is 0 Å². The van der Waals surface area contributed by atoms with Gasteiger partial charge < -0.3 is 5.32 Å². The molecule has 2 atom stereocenters. The standard InChI is InChI=1S/C25H25N3O2S2/c1-16-9-5-7-13-19(16)26-21(29)15-31-25-27-23-22(18-12-6-8-14-20(18)32-23)24(30)28(25)17-10-3-2-4-11-17/h2-5,7,9-11,13,18,20H,6,8,12,14-15H2,1H3,(H,26,29)/t18-,20-/m0/s1. The summed E-state index contributed by atoms with van der Waals surface area (Å²) in [6.45, 7) is 1.97. The summed E-state index contributed by atoms with van der Waals surface area (Å²) in [5, 5.41) is 4.86. The number of rotatable bonds is 5. The molecule has 1 amide bonds. The van der Waals surface area contributed by atoms with Crippen LogP contribution in [-0.4, -0.2) is 26.5 Å². The van der Waals surface area contributed by atoms with Gasteiger partial charge in [0, 0.05) is 16.9 Å². The summed E-state index contributed by atoms with van der Waals surface area (Å²) in [4.78, 5) is 31.3. The molecule has 1 aliphatic carbocycles. The van der Waals surface area contributed by atoms with E-state index in [0.717, 1.165) is 40.4 Å². The first-order valence-electron chi connectivity index (χ1n) is 11.0. The molecule has 0 radical (unpaired) electrons. The van der Waals surface area contributed by atoms with Crippen molar-refractivity contribution in [3.8, 4) is 5.69 Å². The summed E-state index contributed by atoms with van der Waals surface area (Å²) in [6, 6.07) is 17.3. The van der Waals surface area contributed by atoms with Crippen molar-refractivity contribution in [2.75, 3.05) is 11.1 Å². The maximum absolute atomic E-state index is 13.7. The molecule has 3 aromatic rings. The number of anilines is 1. The van der Waals surface area contributed by atoms with E-state index in [4.69, 9.17) is 4.98 Å². The summed E-state index contributed by atoms with van der Waals surface area (Å²) in [6.07, 6.45) is 4.58. The first kappa shape index (κ1) is 21.3. The number of nitrogens with one attached hydrogen (secondary N) is 1. The average Bonchev–Trinajstić information content (AvgIpc) is 3.18. The van der Waals surface area contributed by atoms with Crippen LogP contribution in [0.2, 0.25) is 0 Å². The number of carbonyl (C=O) groups is 1. The average molecular weight is 464 g/mol. The van der Waals surface area contributed by atoms with E-state index in [9.17, 15) is 9.59 Å². The Labute approximate surface area is 196 Å². The number of amides is 1. The molecule has 5 nitrogen and oxygen atoms in total. The van der Waals surface area contributed by atoms with Gasteiger partial charge in [-0.15, -0.1) is 11.8 Å². The van der Waals surface area contributed by atoms with Gasteiger partial charge in [-0.05, 0) is 43.5 Å². The summed E-state index contributed by atoms with van der Waals surface area (Å²) in [5.41, 5.74) is 3.50. The van der Waals surface area contributed by atoms with Crippen LogP contribution < -0.4 is 10.9 Å². The van der Waals surface area contributed by atoms with Crippen LogP contribution in [0.1, 0.15) is 42.7 Å². The molecule has 0 bridgehead atoms. The molecule has 1 aliphatic heterocycles. The van der Waals surface area contributed by atoms with E-state index in [0.29, 0.717) is 16.3 Å². The first-order valence-corrected chi connectivity index (χ1v) is 12.9. The molecule has 5 rings (SSSR count). The summed E-state index contributed by atoms with van der Waals surface area (Å²) in [5.74, 6) is 0.367. The number of carbonyl (C=O) groups excluding carboxylic acids is 1. The minimum atomic E-state index is -0.111. The molecule has 2 heterocycles. The minimum Gasteiger partial charge on any atom is -0.325 e. The highest BCUT2D eigenvalue weighted by Crippen LogP contribution is 2.50. The van der Waals surface area contributed by atoms with Crippen LogP contribution in [-0.2, 0) is 4.79 Å². The van der Waals surface area contributed by atoms with Gasteiger partial charge >= 0.3 is 0 Å². The Kier molecular flexibility index (Phi) is 6.11. The van der Waals surface area contributed by atoms with Crippen molar-refractivity contribution in [1.29, 1.82) is 0 Å². The maximum Gasteiger partial charge on any atom is 0.263 e. The van der Waals surface area contributed by atoms with E-state index in [1.807, 2.05) is 61.5 Å². The van der Waals surface area contributed by atoms with E-state index in [1.165, 1.54) is 24.6 Å². The molecular weight excluding hydrogens is 438 g/mol. The third kappa shape index (κ3) is 4.11. The largest absolute Gasteiger partial charge is 0.325 e. The van der Waals surface area contributed by atoms with Crippen LogP contribution in [0.15, 0.2) is 69.6 Å². The highest BCUT2D eigenvalue weighted by molar-refractivity contribution is 8.00. The SMILES string of the molecule is Cc1ccccc1NC(=O)CSc1nc2c(c(=O)n1-c1ccccc1)[C@H]1CCCC[C@@H]1S2. The Balaban J connectivity index is 1.47. The van der Waals surface area contributed by atoms with Crippen molar-refractivity contribution in [2.45, 2.75) is 54.0 Å². The van der Waals surface area contributed by atoms with Gasteiger partial charge in [0.1, 0.15) is 5.03 Å².